The quantitative estimate of drug-likeness (QED) is 0.607. The lowest BCUT2D eigenvalue weighted by Crippen LogP contribution is -2.43. The van der Waals surface area contributed by atoms with Crippen LogP contribution in [0, 0.1) is 6.92 Å². The molecule has 0 saturated heterocycles. The number of hydrogen-bond donors (Lipinski definition) is 3. The third kappa shape index (κ3) is 4.77. The summed E-state index contributed by atoms with van der Waals surface area (Å²) in [6, 6.07) is 1.28. The molecule has 116 valence electrons. The zero-order valence-corrected chi connectivity index (χ0v) is 14.7. The number of nitrogens with one attached hydrogen (secondary N) is 1. The molecule has 1 unspecified atom stereocenters. The fourth-order valence-corrected chi connectivity index (χ4v) is 4.33. The molecular formula is C11H12Br2N2O5S. The Bertz CT molecular complexity index is 690. The van der Waals surface area contributed by atoms with Crippen molar-refractivity contribution in [3.63, 3.8) is 0 Å². The summed E-state index contributed by atoms with van der Waals surface area (Å²) in [7, 11) is -4.14. The Morgan fingerprint density at radius 3 is 2.38 bits per heavy atom. The van der Waals surface area contributed by atoms with Crippen LogP contribution in [0.15, 0.2) is 26.0 Å². The molecule has 0 heterocycles. The van der Waals surface area contributed by atoms with Gasteiger partial charge in [0, 0.05) is 8.95 Å². The number of halogens is 2. The number of carbonyl (C=O) groups excluding carboxylic acids is 1. The fourth-order valence-electron chi connectivity index (χ4n) is 1.47. The van der Waals surface area contributed by atoms with E-state index in [0.717, 1.165) is 5.56 Å². The first-order chi connectivity index (χ1) is 9.54. The van der Waals surface area contributed by atoms with E-state index in [4.69, 9.17) is 10.8 Å². The summed E-state index contributed by atoms with van der Waals surface area (Å²) in [6.07, 6.45) is -0.640. The molecule has 1 aromatic carbocycles. The van der Waals surface area contributed by atoms with Crippen LogP contribution < -0.4 is 10.5 Å². The van der Waals surface area contributed by atoms with Crippen LogP contribution in [0.2, 0.25) is 0 Å². The summed E-state index contributed by atoms with van der Waals surface area (Å²) in [5, 5.41) is 8.94. The zero-order valence-electron chi connectivity index (χ0n) is 10.8. The molecule has 0 aliphatic carbocycles. The lowest BCUT2D eigenvalue weighted by molar-refractivity contribution is -0.140. The van der Waals surface area contributed by atoms with Crippen LogP contribution in [0.5, 0.6) is 0 Å². The second-order valence-electron chi connectivity index (χ2n) is 4.21. The molecule has 1 amide bonds. The molecule has 1 aromatic rings. The largest absolute Gasteiger partial charge is 0.480 e. The van der Waals surface area contributed by atoms with Crippen LogP contribution in [-0.4, -0.2) is 31.4 Å². The predicted molar refractivity (Wildman–Crippen MR) is 82.1 cm³/mol. The molecule has 0 aromatic heterocycles. The highest BCUT2D eigenvalue weighted by Gasteiger charge is 2.28. The van der Waals surface area contributed by atoms with Crippen LogP contribution >= 0.6 is 31.9 Å². The first kappa shape index (κ1) is 18.1. The van der Waals surface area contributed by atoms with Crippen molar-refractivity contribution in [3.8, 4) is 0 Å². The summed E-state index contributed by atoms with van der Waals surface area (Å²) >= 11 is 6.32. The van der Waals surface area contributed by atoms with Crippen molar-refractivity contribution in [1.29, 1.82) is 0 Å². The van der Waals surface area contributed by atoms with Crippen LogP contribution in [0.25, 0.3) is 0 Å². The van der Waals surface area contributed by atoms with E-state index in [1.54, 1.807) is 13.0 Å². The summed E-state index contributed by atoms with van der Waals surface area (Å²) < 4.78 is 27.2. The van der Waals surface area contributed by atoms with Gasteiger partial charge in [0.25, 0.3) is 0 Å². The standard InChI is InChI=1S/C11H12Br2N2O5S/c1-5-2-7(13)9(3-6(5)12)21(19,20)15-8(11(17)18)4-10(14)16/h2-3,8,15H,4H2,1H3,(H2,14,16)(H,17,18). The van der Waals surface area contributed by atoms with E-state index < -0.39 is 34.4 Å². The van der Waals surface area contributed by atoms with E-state index in [2.05, 4.69) is 31.9 Å². The first-order valence-corrected chi connectivity index (χ1v) is 8.60. The molecule has 1 atom stereocenters. The highest BCUT2D eigenvalue weighted by molar-refractivity contribution is 9.11. The summed E-state index contributed by atoms with van der Waals surface area (Å²) in [5.41, 5.74) is 5.71. The van der Waals surface area contributed by atoms with Crippen LogP contribution in [0.4, 0.5) is 0 Å². The van der Waals surface area contributed by atoms with Gasteiger partial charge in [-0.1, -0.05) is 15.9 Å². The SMILES string of the molecule is Cc1cc(Br)c(S(=O)(=O)NC(CC(N)=O)C(=O)O)cc1Br. The number of carboxylic acid groups (broad SMARTS) is 1. The fraction of sp³-hybridized carbons (Fsp3) is 0.273. The van der Waals surface area contributed by atoms with Crippen molar-refractivity contribution in [1.82, 2.24) is 4.72 Å². The molecule has 0 spiro atoms. The normalized spacial score (nSPS) is 12.9. The molecule has 10 heteroatoms. The maximum absolute atomic E-state index is 12.2. The number of hydrogen-bond acceptors (Lipinski definition) is 4. The van der Waals surface area contributed by atoms with Crippen molar-refractivity contribution in [3.05, 3.63) is 26.6 Å². The lowest BCUT2D eigenvalue weighted by Gasteiger charge is -2.15. The maximum atomic E-state index is 12.2. The van der Waals surface area contributed by atoms with Crippen molar-refractivity contribution in [2.45, 2.75) is 24.3 Å². The Kier molecular flexibility index (Phi) is 5.91. The van der Waals surface area contributed by atoms with Gasteiger partial charge in [-0.3, -0.25) is 9.59 Å². The molecule has 0 fully saturated rings. The topological polar surface area (TPSA) is 127 Å². The smallest absolute Gasteiger partial charge is 0.322 e. The van der Waals surface area contributed by atoms with Gasteiger partial charge in [0.1, 0.15) is 6.04 Å². The zero-order chi connectivity index (χ0) is 16.4. The van der Waals surface area contributed by atoms with E-state index in [9.17, 15) is 18.0 Å². The van der Waals surface area contributed by atoms with Gasteiger partial charge in [0.15, 0.2) is 0 Å². The lowest BCUT2D eigenvalue weighted by atomic mass is 10.2. The highest BCUT2D eigenvalue weighted by atomic mass is 79.9. The molecule has 0 aliphatic heterocycles. The number of carbonyl (C=O) groups is 2. The van der Waals surface area contributed by atoms with Gasteiger partial charge >= 0.3 is 5.97 Å². The highest BCUT2D eigenvalue weighted by Crippen LogP contribution is 2.28. The molecule has 0 saturated carbocycles. The molecule has 21 heavy (non-hydrogen) atoms. The number of amides is 1. The minimum absolute atomic E-state index is 0.143. The number of nitrogens with two attached hydrogens (primary N) is 1. The maximum Gasteiger partial charge on any atom is 0.322 e. The van der Waals surface area contributed by atoms with Gasteiger partial charge in [-0.25, -0.2) is 8.42 Å². The number of rotatable bonds is 6. The van der Waals surface area contributed by atoms with E-state index in [1.165, 1.54) is 6.07 Å². The second kappa shape index (κ2) is 6.86. The van der Waals surface area contributed by atoms with Gasteiger partial charge in [-0.05, 0) is 40.5 Å². The van der Waals surface area contributed by atoms with E-state index in [-0.39, 0.29) is 9.37 Å². The van der Waals surface area contributed by atoms with Crippen molar-refractivity contribution >= 4 is 53.8 Å². The average molecular weight is 444 g/mol. The van der Waals surface area contributed by atoms with Crippen LogP contribution in [0.1, 0.15) is 12.0 Å². The van der Waals surface area contributed by atoms with Crippen molar-refractivity contribution in [2.24, 2.45) is 5.73 Å². The van der Waals surface area contributed by atoms with Gasteiger partial charge in [-0.2, -0.15) is 4.72 Å². The Balaban J connectivity index is 3.19. The number of benzene rings is 1. The third-order valence-corrected chi connectivity index (χ3v) is 5.79. The molecule has 0 aliphatic rings. The Morgan fingerprint density at radius 2 is 1.90 bits per heavy atom. The average Bonchev–Trinajstić information content (AvgIpc) is 2.31. The number of primary amides is 1. The van der Waals surface area contributed by atoms with Gasteiger partial charge in [0.2, 0.25) is 15.9 Å². The van der Waals surface area contributed by atoms with Crippen LogP contribution in [0.3, 0.4) is 0 Å². The van der Waals surface area contributed by atoms with Crippen molar-refractivity contribution in [2.75, 3.05) is 0 Å². The van der Waals surface area contributed by atoms with Crippen LogP contribution in [-0.2, 0) is 19.6 Å². The molecule has 1 rings (SSSR count). The third-order valence-electron chi connectivity index (χ3n) is 2.50. The number of sulfonamides is 1. The van der Waals surface area contributed by atoms with Crippen molar-refractivity contribution < 1.29 is 23.1 Å². The van der Waals surface area contributed by atoms with E-state index in [0.29, 0.717) is 4.47 Å². The molecule has 0 radical (unpaired) electrons. The predicted octanol–water partition coefficient (Wildman–Crippen LogP) is 1.13. The van der Waals surface area contributed by atoms with Gasteiger partial charge in [0.05, 0.1) is 11.3 Å². The second-order valence-corrected chi connectivity index (χ2v) is 7.61. The minimum atomic E-state index is -4.14. The van der Waals surface area contributed by atoms with Gasteiger partial charge < -0.3 is 10.8 Å². The molecule has 4 N–H and O–H groups in total. The van der Waals surface area contributed by atoms with Gasteiger partial charge in [-0.15, -0.1) is 0 Å². The van der Waals surface area contributed by atoms with E-state index >= 15 is 0 Å². The van der Waals surface area contributed by atoms with E-state index in [1.807, 2.05) is 4.72 Å². The number of carboxylic acids is 1. The molecule has 7 nitrogen and oxygen atoms in total. The molecular weight excluding hydrogens is 432 g/mol. The summed E-state index contributed by atoms with van der Waals surface area (Å²) in [4.78, 5) is 21.7. The Morgan fingerprint density at radius 1 is 1.33 bits per heavy atom. The Labute approximate surface area is 138 Å². The number of aryl methyl sites for hydroxylation is 1. The first-order valence-electron chi connectivity index (χ1n) is 5.53. The number of aliphatic carboxylic acids is 1. The minimum Gasteiger partial charge on any atom is -0.480 e. The molecule has 0 bridgehead atoms. The summed E-state index contributed by atoms with van der Waals surface area (Å²) in [5.74, 6) is -2.41. The summed E-state index contributed by atoms with van der Waals surface area (Å²) in [6.45, 7) is 1.77. The Hall–Kier alpha value is -0.970. The monoisotopic (exact) mass is 442 g/mol.